The number of halogens is 2. The van der Waals surface area contributed by atoms with Crippen molar-refractivity contribution < 1.29 is 4.74 Å². The lowest BCUT2D eigenvalue weighted by molar-refractivity contribution is 0.338. The highest BCUT2D eigenvalue weighted by atomic mass is 35.5. The molecule has 3 nitrogen and oxygen atoms in total. The molecule has 0 bridgehead atoms. The molecular weight excluding hydrogens is 307 g/mol. The largest absolute Gasteiger partial charge is 0.492 e. The van der Waals surface area contributed by atoms with Crippen molar-refractivity contribution in [3.05, 3.63) is 57.8 Å². The molecule has 5 heteroatoms. The van der Waals surface area contributed by atoms with Crippen LogP contribution in [0.1, 0.15) is 31.0 Å². The zero-order valence-electron chi connectivity index (χ0n) is 12.1. The molecule has 0 fully saturated rings. The molecule has 0 spiro atoms. The Balaban J connectivity index is 2.46. The van der Waals surface area contributed by atoms with Gasteiger partial charge in [-0.2, -0.15) is 0 Å². The van der Waals surface area contributed by atoms with Gasteiger partial charge in [-0.15, -0.1) is 0 Å². The van der Waals surface area contributed by atoms with Gasteiger partial charge < -0.3 is 10.1 Å². The van der Waals surface area contributed by atoms with Crippen molar-refractivity contribution >= 4 is 23.2 Å². The number of aromatic nitrogens is 1. The lowest BCUT2D eigenvalue weighted by atomic mass is 9.99. The first kappa shape index (κ1) is 16.1. The van der Waals surface area contributed by atoms with Crippen LogP contribution in [-0.4, -0.2) is 18.1 Å². The monoisotopic (exact) mass is 324 g/mol. The highest BCUT2D eigenvalue weighted by Crippen LogP contribution is 2.34. The molecular formula is C16H18Cl2N2O. The molecule has 112 valence electrons. The second kappa shape index (κ2) is 7.64. The van der Waals surface area contributed by atoms with Crippen molar-refractivity contribution in [2.45, 2.75) is 19.9 Å². The Morgan fingerprint density at radius 2 is 1.90 bits per heavy atom. The lowest BCUT2D eigenvalue weighted by Crippen LogP contribution is -2.23. The van der Waals surface area contributed by atoms with E-state index < -0.39 is 0 Å². The fraction of sp³-hybridized carbons (Fsp3) is 0.312. The van der Waals surface area contributed by atoms with Gasteiger partial charge in [0.15, 0.2) is 0 Å². The third-order valence-electron chi connectivity index (χ3n) is 3.08. The van der Waals surface area contributed by atoms with E-state index in [1.54, 1.807) is 12.4 Å². The van der Waals surface area contributed by atoms with E-state index in [0.29, 0.717) is 16.7 Å². The molecule has 1 N–H and O–H groups in total. The summed E-state index contributed by atoms with van der Waals surface area (Å²) in [7, 11) is 0. The average molecular weight is 325 g/mol. The summed E-state index contributed by atoms with van der Waals surface area (Å²) in [4.78, 5) is 4.24. The summed E-state index contributed by atoms with van der Waals surface area (Å²) in [6.45, 7) is 5.37. The zero-order chi connectivity index (χ0) is 15.2. The van der Waals surface area contributed by atoms with Gasteiger partial charge in [-0.05, 0) is 37.2 Å². The normalized spacial score (nSPS) is 12.2. The highest BCUT2D eigenvalue weighted by molar-refractivity contribution is 6.36. The number of benzene rings is 1. The van der Waals surface area contributed by atoms with Crippen LogP contribution in [0.4, 0.5) is 0 Å². The van der Waals surface area contributed by atoms with Crippen molar-refractivity contribution in [2.75, 3.05) is 13.2 Å². The number of rotatable bonds is 6. The van der Waals surface area contributed by atoms with Gasteiger partial charge in [0.25, 0.3) is 0 Å². The minimum absolute atomic E-state index is 0.121. The molecule has 2 rings (SSSR count). The first-order chi connectivity index (χ1) is 10.2. The van der Waals surface area contributed by atoms with E-state index in [4.69, 9.17) is 27.9 Å². The van der Waals surface area contributed by atoms with Crippen molar-refractivity contribution in [3.8, 4) is 5.75 Å². The van der Waals surface area contributed by atoms with Gasteiger partial charge in [-0.25, -0.2) is 0 Å². The van der Waals surface area contributed by atoms with Crippen LogP contribution in [0.3, 0.4) is 0 Å². The third kappa shape index (κ3) is 3.88. The molecule has 1 heterocycles. The molecule has 0 aliphatic heterocycles. The number of hydrogen-bond acceptors (Lipinski definition) is 3. The fourth-order valence-electron chi connectivity index (χ4n) is 2.22. The van der Waals surface area contributed by atoms with Crippen LogP contribution in [0.15, 0.2) is 36.7 Å². The summed E-state index contributed by atoms with van der Waals surface area (Å²) in [5, 5.41) is 4.67. The Morgan fingerprint density at radius 1 is 1.19 bits per heavy atom. The van der Waals surface area contributed by atoms with E-state index in [2.05, 4.69) is 10.3 Å². The molecule has 0 radical (unpaired) electrons. The fourth-order valence-corrected chi connectivity index (χ4v) is 2.83. The van der Waals surface area contributed by atoms with Crippen molar-refractivity contribution in [1.82, 2.24) is 10.3 Å². The number of nitrogens with zero attached hydrogens (tertiary/aromatic N) is 1. The molecule has 1 aromatic carbocycles. The van der Waals surface area contributed by atoms with E-state index in [1.165, 1.54) is 0 Å². The van der Waals surface area contributed by atoms with E-state index >= 15 is 0 Å². The van der Waals surface area contributed by atoms with E-state index in [9.17, 15) is 0 Å². The summed E-state index contributed by atoms with van der Waals surface area (Å²) < 4.78 is 5.51. The maximum atomic E-state index is 6.33. The van der Waals surface area contributed by atoms with E-state index in [-0.39, 0.29) is 6.04 Å². The van der Waals surface area contributed by atoms with Crippen LogP contribution in [0, 0.1) is 0 Å². The Morgan fingerprint density at radius 3 is 2.52 bits per heavy atom. The van der Waals surface area contributed by atoms with Gasteiger partial charge in [-0.1, -0.05) is 36.2 Å². The number of nitrogens with one attached hydrogen (secondary N) is 1. The first-order valence-electron chi connectivity index (χ1n) is 6.92. The summed E-state index contributed by atoms with van der Waals surface area (Å²) in [5.41, 5.74) is 1.83. The second-order valence-corrected chi connectivity index (χ2v) is 5.33. The maximum Gasteiger partial charge on any atom is 0.137 e. The maximum absolute atomic E-state index is 6.33. The van der Waals surface area contributed by atoms with Crippen LogP contribution in [0.5, 0.6) is 5.75 Å². The zero-order valence-corrected chi connectivity index (χ0v) is 13.6. The predicted molar refractivity (Wildman–Crippen MR) is 87.4 cm³/mol. The van der Waals surface area contributed by atoms with Gasteiger partial charge in [0.1, 0.15) is 5.75 Å². The number of hydrogen-bond donors (Lipinski definition) is 1. The van der Waals surface area contributed by atoms with Crippen molar-refractivity contribution in [1.29, 1.82) is 0 Å². The quantitative estimate of drug-likeness (QED) is 0.850. The SMILES string of the molecule is CCNC(c1cncc(OCC)c1)c1c(Cl)cccc1Cl. The minimum Gasteiger partial charge on any atom is -0.492 e. The van der Waals surface area contributed by atoms with Crippen LogP contribution in [0.2, 0.25) is 10.0 Å². The molecule has 1 atom stereocenters. The third-order valence-corrected chi connectivity index (χ3v) is 3.73. The van der Waals surface area contributed by atoms with Crippen LogP contribution < -0.4 is 10.1 Å². The van der Waals surface area contributed by atoms with Crippen LogP contribution >= 0.6 is 23.2 Å². The number of ether oxygens (including phenoxy) is 1. The van der Waals surface area contributed by atoms with Crippen molar-refractivity contribution in [3.63, 3.8) is 0 Å². The Bertz CT molecular complexity index is 584. The highest BCUT2D eigenvalue weighted by Gasteiger charge is 2.20. The van der Waals surface area contributed by atoms with Crippen molar-refractivity contribution in [2.24, 2.45) is 0 Å². The van der Waals surface area contributed by atoms with E-state index in [0.717, 1.165) is 23.4 Å². The number of pyridine rings is 1. The van der Waals surface area contributed by atoms with E-state index in [1.807, 2.05) is 38.1 Å². The van der Waals surface area contributed by atoms with Crippen LogP contribution in [-0.2, 0) is 0 Å². The summed E-state index contributed by atoms with van der Waals surface area (Å²) >= 11 is 12.7. The Labute approximate surface area is 135 Å². The smallest absolute Gasteiger partial charge is 0.137 e. The topological polar surface area (TPSA) is 34.2 Å². The summed E-state index contributed by atoms with van der Waals surface area (Å²) in [6.07, 6.45) is 3.50. The molecule has 0 aliphatic rings. The van der Waals surface area contributed by atoms with Crippen LogP contribution in [0.25, 0.3) is 0 Å². The average Bonchev–Trinajstić information content (AvgIpc) is 2.47. The van der Waals surface area contributed by atoms with Gasteiger partial charge >= 0.3 is 0 Å². The summed E-state index contributed by atoms with van der Waals surface area (Å²) in [6, 6.07) is 7.36. The Kier molecular flexibility index (Phi) is 5.85. The van der Waals surface area contributed by atoms with Gasteiger partial charge in [-0.3, -0.25) is 4.98 Å². The summed E-state index contributed by atoms with van der Waals surface area (Å²) in [5.74, 6) is 0.737. The molecule has 1 unspecified atom stereocenters. The molecule has 0 amide bonds. The molecule has 0 aliphatic carbocycles. The molecule has 0 saturated heterocycles. The van der Waals surface area contributed by atoms with Gasteiger partial charge in [0.2, 0.25) is 0 Å². The molecule has 1 aromatic heterocycles. The lowest BCUT2D eigenvalue weighted by Gasteiger charge is -2.21. The van der Waals surface area contributed by atoms with Gasteiger partial charge in [0.05, 0.1) is 18.8 Å². The van der Waals surface area contributed by atoms with Gasteiger partial charge in [0, 0.05) is 21.8 Å². The minimum atomic E-state index is -0.121. The molecule has 21 heavy (non-hydrogen) atoms. The second-order valence-electron chi connectivity index (χ2n) is 4.51. The predicted octanol–water partition coefficient (Wildman–Crippen LogP) is 4.49. The first-order valence-corrected chi connectivity index (χ1v) is 7.68. The Hall–Kier alpha value is -1.29. The molecule has 0 saturated carbocycles. The molecule has 2 aromatic rings. The standard InChI is InChI=1S/C16H18Cl2N2O/c1-3-20-16(15-13(17)6-5-7-14(15)18)11-8-12(21-4-2)10-19-9-11/h5-10,16,20H,3-4H2,1-2H3.